The van der Waals surface area contributed by atoms with Gasteiger partial charge >= 0.3 is 0 Å². The molecule has 3 heterocycles. The summed E-state index contributed by atoms with van der Waals surface area (Å²) in [5.74, 6) is 0.0815. The van der Waals surface area contributed by atoms with Gasteiger partial charge in [-0.2, -0.15) is 5.10 Å². The lowest BCUT2D eigenvalue weighted by atomic mass is 10.0. The highest BCUT2D eigenvalue weighted by molar-refractivity contribution is 5.95. The summed E-state index contributed by atoms with van der Waals surface area (Å²) in [4.78, 5) is 29.1. The summed E-state index contributed by atoms with van der Waals surface area (Å²) in [5.41, 5.74) is 3.80. The lowest BCUT2D eigenvalue weighted by Crippen LogP contribution is -2.52. The van der Waals surface area contributed by atoms with Gasteiger partial charge < -0.3 is 14.5 Å². The molecular formula is C24H26N4O3. The molecule has 0 bridgehead atoms. The van der Waals surface area contributed by atoms with Crippen molar-refractivity contribution in [3.63, 3.8) is 0 Å². The second kappa shape index (κ2) is 8.15. The third-order valence-electron chi connectivity index (χ3n) is 6.17. The van der Waals surface area contributed by atoms with E-state index in [1.807, 2.05) is 58.1 Å². The molecule has 2 aliphatic rings. The number of carbonyl (C=O) groups is 2. The molecule has 2 saturated heterocycles. The number of carbonyl (C=O) groups excluding carboxylic acids is 2. The standard InChI is InChI=1S/C24H26N4O3/c1-26-16-20-15-19(8-9-21(20)25-26)17-4-6-18(7-5-17)23(29)27-10-12-28(13-11-27)24(30)22-3-2-14-31-22/h4-9,15-16,22H,2-3,10-14H2,1H3/t22-/m1/s1. The molecule has 1 aromatic heterocycles. The third-order valence-corrected chi connectivity index (χ3v) is 6.17. The van der Waals surface area contributed by atoms with Crippen molar-refractivity contribution in [1.82, 2.24) is 19.6 Å². The molecule has 2 amide bonds. The van der Waals surface area contributed by atoms with Crippen molar-refractivity contribution >= 4 is 22.7 Å². The topological polar surface area (TPSA) is 67.7 Å². The van der Waals surface area contributed by atoms with E-state index >= 15 is 0 Å². The molecule has 5 rings (SSSR count). The molecule has 7 nitrogen and oxygen atoms in total. The minimum Gasteiger partial charge on any atom is -0.368 e. The predicted molar refractivity (Wildman–Crippen MR) is 118 cm³/mol. The molecule has 2 aliphatic heterocycles. The van der Waals surface area contributed by atoms with E-state index < -0.39 is 0 Å². The number of aromatic nitrogens is 2. The summed E-state index contributed by atoms with van der Waals surface area (Å²) in [7, 11) is 1.91. The van der Waals surface area contributed by atoms with Crippen LogP contribution in [0.15, 0.2) is 48.7 Å². The molecule has 0 spiro atoms. The Morgan fingerprint density at radius 3 is 2.39 bits per heavy atom. The average molecular weight is 418 g/mol. The Balaban J connectivity index is 1.23. The highest BCUT2D eigenvalue weighted by Gasteiger charge is 2.31. The van der Waals surface area contributed by atoms with Crippen LogP contribution in [-0.2, 0) is 16.6 Å². The Labute approximate surface area is 181 Å². The quantitative estimate of drug-likeness (QED) is 0.656. The zero-order chi connectivity index (χ0) is 21.4. The van der Waals surface area contributed by atoms with Crippen molar-refractivity contribution < 1.29 is 14.3 Å². The summed E-state index contributed by atoms with van der Waals surface area (Å²) >= 11 is 0. The number of hydrogen-bond acceptors (Lipinski definition) is 4. The number of rotatable bonds is 3. The van der Waals surface area contributed by atoms with Crippen LogP contribution in [0.2, 0.25) is 0 Å². The van der Waals surface area contributed by atoms with Crippen LogP contribution in [0.5, 0.6) is 0 Å². The van der Waals surface area contributed by atoms with Crippen molar-refractivity contribution in [1.29, 1.82) is 0 Å². The Kier molecular flexibility index (Phi) is 5.19. The molecular weight excluding hydrogens is 392 g/mol. The van der Waals surface area contributed by atoms with E-state index in [1.165, 1.54) is 0 Å². The number of ether oxygens (including phenoxy) is 1. The van der Waals surface area contributed by atoms with Crippen LogP contribution in [-0.4, -0.2) is 70.3 Å². The fraction of sp³-hybridized carbons (Fsp3) is 0.375. The molecule has 0 N–H and O–H groups in total. The minimum atomic E-state index is -0.291. The molecule has 0 aliphatic carbocycles. The van der Waals surface area contributed by atoms with Gasteiger partial charge in [-0.25, -0.2) is 0 Å². The maximum atomic E-state index is 12.9. The molecule has 1 atom stereocenters. The van der Waals surface area contributed by atoms with E-state index in [0.717, 1.165) is 34.9 Å². The Morgan fingerprint density at radius 1 is 0.968 bits per heavy atom. The fourth-order valence-corrected chi connectivity index (χ4v) is 4.42. The van der Waals surface area contributed by atoms with Crippen molar-refractivity contribution in [2.24, 2.45) is 7.05 Å². The van der Waals surface area contributed by atoms with Gasteiger partial charge in [-0.3, -0.25) is 14.3 Å². The summed E-state index contributed by atoms with van der Waals surface area (Å²) in [6.07, 6.45) is 3.46. The first-order chi connectivity index (χ1) is 15.1. The molecule has 2 aromatic carbocycles. The lowest BCUT2D eigenvalue weighted by molar-refractivity contribution is -0.142. The first kappa shape index (κ1) is 19.8. The average Bonchev–Trinajstić information content (AvgIpc) is 3.47. The monoisotopic (exact) mass is 418 g/mol. The van der Waals surface area contributed by atoms with Gasteiger partial charge in [-0.05, 0) is 48.2 Å². The van der Waals surface area contributed by atoms with Gasteiger partial charge in [-0.15, -0.1) is 0 Å². The third kappa shape index (κ3) is 3.93. The van der Waals surface area contributed by atoms with E-state index in [1.54, 1.807) is 0 Å². The zero-order valence-corrected chi connectivity index (χ0v) is 17.7. The second-order valence-electron chi connectivity index (χ2n) is 8.27. The Hall–Kier alpha value is -3.19. The van der Waals surface area contributed by atoms with E-state index in [4.69, 9.17) is 4.74 Å². The number of piperazine rings is 1. The molecule has 0 saturated carbocycles. The van der Waals surface area contributed by atoms with Gasteiger partial charge in [0.05, 0.1) is 5.52 Å². The number of benzene rings is 2. The number of aryl methyl sites for hydroxylation is 1. The maximum absolute atomic E-state index is 12.9. The maximum Gasteiger partial charge on any atom is 0.253 e. The van der Waals surface area contributed by atoms with Crippen molar-refractivity contribution in [3.05, 3.63) is 54.2 Å². The van der Waals surface area contributed by atoms with E-state index in [9.17, 15) is 9.59 Å². The van der Waals surface area contributed by atoms with Crippen molar-refractivity contribution in [2.75, 3.05) is 32.8 Å². The molecule has 7 heteroatoms. The van der Waals surface area contributed by atoms with Gasteiger partial charge in [0.15, 0.2) is 0 Å². The van der Waals surface area contributed by atoms with Crippen LogP contribution in [0.3, 0.4) is 0 Å². The highest BCUT2D eigenvalue weighted by atomic mass is 16.5. The molecule has 0 radical (unpaired) electrons. The zero-order valence-electron chi connectivity index (χ0n) is 17.7. The number of nitrogens with zero attached hydrogens (tertiary/aromatic N) is 4. The first-order valence-corrected chi connectivity index (χ1v) is 10.8. The number of hydrogen-bond donors (Lipinski definition) is 0. The van der Waals surface area contributed by atoms with Crippen LogP contribution < -0.4 is 0 Å². The van der Waals surface area contributed by atoms with Gasteiger partial charge in [0.1, 0.15) is 6.10 Å². The summed E-state index contributed by atoms with van der Waals surface area (Å²) in [6.45, 7) is 2.90. The smallest absolute Gasteiger partial charge is 0.253 e. The van der Waals surface area contributed by atoms with Gasteiger partial charge in [0.25, 0.3) is 11.8 Å². The van der Waals surface area contributed by atoms with E-state index in [-0.39, 0.29) is 17.9 Å². The summed E-state index contributed by atoms with van der Waals surface area (Å²) in [5, 5.41) is 5.50. The second-order valence-corrected chi connectivity index (χ2v) is 8.27. The van der Waals surface area contributed by atoms with E-state index in [2.05, 4.69) is 17.2 Å². The normalized spacial score (nSPS) is 19.2. The van der Waals surface area contributed by atoms with Crippen molar-refractivity contribution in [3.8, 4) is 11.1 Å². The number of amides is 2. The Bertz CT molecular complexity index is 1110. The molecule has 160 valence electrons. The molecule has 0 unspecified atom stereocenters. The SMILES string of the molecule is Cn1cc2cc(-c3ccc(C(=O)N4CCN(C(=O)[C@H]5CCCO5)CC4)cc3)ccc2n1. The number of fused-ring (bicyclic) bond motifs is 1. The van der Waals surface area contributed by atoms with Crippen LogP contribution in [0, 0.1) is 0 Å². The lowest BCUT2D eigenvalue weighted by Gasteiger charge is -2.35. The van der Waals surface area contributed by atoms with Crippen molar-refractivity contribution in [2.45, 2.75) is 18.9 Å². The summed E-state index contributed by atoms with van der Waals surface area (Å²) in [6, 6.07) is 13.9. The van der Waals surface area contributed by atoms with E-state index in [0.29, 0.717) is 38.3 Å². The molecule has 3 aromatic rings. The van der Waals surface area contributed by atoms with Crippen LogP contribution >= 0.6 is 0 Å². The minimum absolute atomic E-state index is 0.0125. The Morgan fingerprint density at radius 2 is 1.68 bits per heavy atom. The largest absolute Gasteiger partial charge is 0.368 e. The highest BCUT2D eigenvalue weighted by Crippen LogP contribution is 2.25. The fourth-order valence-electron chi connectivity index (χ4n) is 4.42. The van der Waals surface area contributed by atoms with Crippen LogP contribution in [0.25, 0.3) is 22.0 Å². The first-order valence-electron chi connectivity index (χ1n) is 10.8. The van der Waals surface area contributed by atoms with Gasteiger partial charge in [-0.1, -0.05) is 18.2 Å². The van der Waals surface area contributed by atoms with Gasteiger partial charge in [0.2, 0.25) is 0 Å². The molecule has 31 heavy (non-hydrogen) atoms. The van der Waals surface area contributed by atoms with Crippen LogP contribution in [0.1, 0.15) is 23.2 Å². The molecule has 2 fully saturated rings. The summed E-state index contributed by atoms with van der Waals surface area (Å²) < 4.78 is 7.32. The van der Waals surface area contributed by atoms with Crippen LogP contribution in [0.4, 0.5) is 0 Å². The predicted octanol–water partition coefficient (Wildman–Crippen LogP) is 2.70. The van der Waals surface area contributed by atoms with Gasteiger partial charge in [0, 0.05) is 57.0 Å².